The first-order valence-corrected chi connectivity index (χ1v) is 5.78. The Bertz CT molecular complexity index is 357. The van der Waals surface area contributed by atoms with Crippen LogP contribution in [0.15, 0.2) is 18.2 Å². The summed E-state index contributed by atoms with van der Waals surface area (Å²) in [6, 6.07) is 5.23. The highest BCUT2D eigenvalue weighted by Gasteiger charge is 2.27. The van der Waals surface area contributed by atoms with Crippen LogP contribution in [0.3, 0.4) is 0 Å². The van der Waals surface area contributed by atoms with Crippen LogP contribution >= 0.6 is 0 Å². The molecule has 0 atom stereocenters. The first-order chi connectivity index (χ1) is 7.49. The maximum atomic E-state index is 13.8. The van der Waals surface area contributed by atoms with Crippen LogP contribution < -0.4 is 10.6 Å². The molecule has 1 aliphatic rings. The standard InChI is InChI=1S/C13H19FN2/c1-10-4-3-5-11(14)12(10)16-8-6-13(2,15)7-9-16/h3-5H,6-9,15H2,1-2H3. The molecule has 16 heavy (non-hydrogen) atoms. The number of nitrogens with zero attached hydrogens (tertiary/aromatic N) is 1. The number of anilines is 1. The van der Waals surface area contributed by atoms with Gasteiger partial charge >= 0.3 is 0 Å². The lowest BCUT2D eigenvalue weighted by Gasteiger charge is -2.38. The normalized spacial score (nSPS) is 19.9. The van der Waals surface area contributed by atoms with Crippen molar-refractivity contribution in [3.05, 3.63) is 29.6 Å². The minimum Gasteiger partial charge on any atom is -0.369 e. The third-order valence-electron chi connectivity index (χ3n) is 3.41. The second-order valence-corrected chi connectivity index (χ2v) is 5.05. The van der Waals surface area contributed by atoms with E-state index in [-0.39, 0.29) is 11.4 Å². The molecule has 0 aliphatic carbocycles. The van der Waals surface area contributed by atoms with Crippen molar-refractivity contribution in [2.24, 2.45) is 5.73 Å². The van der Waals surface area contributed by atoms with Crippen LogP contribution in [0.1, 0.15) is 25.3 Å². The number of benzene rings is 1. The maximum Gasteiger partial charge on any atom is 0.146 e. The van der Waals surface area contributed by atoms with Gasteiger partial charge < -0.3 is 10.6 Å². The number of piperidine rings is 1. The summed E-state index contributed by atoms with van der Waals surface area (Å²) in [5, 5.41) is 0. The number of para-hydroxylation sites is 1. The quantitative estimate of drug-likeness (QED) is 0.791. The molecule has 88 valence electrons. The SMILES string of the molecule is Cc1cccc(F)c1N1CCC(C)(N)CC1. The van der Waals surface area contributed by atoms with Crippen LogP contribution in [0.4, 0.5) is 10.1 Å². The number of aryl methyl sites for hydroxylation is 1. The number of nitrogens with two attached hydrogens (primary N) is 1. The Kier molecular flexibility index (Phi) is 2.89. The molecule has 1 fully saturated rings. The van der Waals surface area contributed by atoms with Gasteiger partial charge in [0.15, 0.2) is 0 Å². The molecule has 1 aromatic carbocycles. The van der Waals surface area contributed by atoms with Gasteiger partial charge in [0.1, 0.15) is 5.82 Å². The third kappa shape index (κ3) is 2.19. The molecule has 3 heteroatoms. The summed E-state index contributed by atoms with van der Waals surface area (Å²) in [4.78, 5) is 2.11. The molecule has 0 bridgehead atoms. The van der Waals surface area contributed by atoms with Crippen molar-refractivity contribution < 1.29 is 4.39 Å². The fraction of sp³-hybridized carbons (Fsp3) is 0.538. The van der Waals surface area contributed by atoms with Gasteiger partial charge in [-0.1, -0.05) is 12.1 Å². The number of hydrogen-bond acceptors (Lipinski definition) is 2. The molecular weight excluding hydrogens is 203 g/mol. The Labute approximate surface area is 96.2 Å². The van der Waals surface area contributed by atoms with Gasteiger partial charge in [-0.2, -0.15) is 0 Å². The summed E-state index contributed by atoms with van der Waals surface area (Å²) < 4.78 is 13.8. The van der Waals surface area contributed by atoms with Gasteiger partial charge in [0, 0.05) is 18.6 Å². The second-order valence-electron chi connectivity index (χ2n) is 5.05. The van der Waals surface area contributed by atoms with Gasteiger partial charge in [-0.05, 0) is 38.3 Å². The largest absolute Gasteiger partial charge is 0.369 e. The van der Waals surface area contributed by atoms with E-state index >= 15 is 0 Å². The molecule has 2 nitrogen and oxygen atoms in total. The van der Waals surface area contributed by atoms with E-state index in [1.54, 1.807) is 6.07 Å². The Morgan fingerprint density at radius 1 is 1.31 bits per heavy atom. The van der Waals surface area contributed by atoms with Crippen LogP contribution in [-0.2, 0) is 0 Å². The molecule has 2 N–H and O–H groups in total. The van der Waals surface area contributed by atoms with Crippen LogP contribution in [0.2, 0.25) is 0 Å². The van der Waals surface area contributed by atoms with Gasteiger partial charge in [0.05, 0.1) is 5.69 Å². The summed E-state index contributed by atoms with van der Waals surface area (Å²) in [5.41, 5.74) is 7.73. The molecule has 0 radical (unpaired) electrons. The summed E-state index contributed by atoms with van der Waals surface area (Å²) >= 11 is 0. The Balaban J connectivity index is 2.20. The smallest absolute Gasteiger partial charge is 0.146 e. The third-order valence-corrected chi connectivity index (χ3v) is 3.41. The van der Waals surface area contributed by atoms with E-state index in [0.717, 1.165) is 37.2 Å². The van der Waals surface area contributed by atoms with Crippen molar-refractivity contribution in [3.8, 4) is 0 Å². The monoisotopic (exact) mass is 222 g/mol. The lowest BCUT2D eigenvalue weighted by atomic mass is 9.90. The van der Waals surface area contributed by atoms with Gasteiger partial charge in [0.2, 0.25) is 0 Å². The molecule has 0 unspecified atom stereocenters. The molecule has 1 saturated heterocycles. The fourth-order valence-corrected chi connectivity index (χ4v) is 2.26. The molecule has 0 saturated carbocycles. The average molecular weight is 222 g/mol. The number of rotatable bonds is 1. The van der Waals surface area contributed by atoms with Gasteiger partial charge in [-0.25, -0.2) is 4.39 Å². The first kappa shape index (κ1) is 11.4. The number of hydrogen-bond donors (Lipinski definition) is 1. The minimum atomic E-state index is -0.124. The van der Waals surface area contributed by atoms with Crippen molar-refractivity contribution in [2.45, 2.75) is 32.2 Å². The van der Waals surface area contributed by atoms with E-state index in [2.05, 4.69) is 11.8 Å². The minimum absolute atomic E-state index is 0.0876. The molecule has 2 rings (SSSR count). The van der Waals surface area contributed by atoms with Crippen LogP contribution in [0.5, 0.6) is 0 Å². The molecule has 0 aromatic heterocycles. The van der Waals surface area contributed by atoms with Crippen molar-refractivity contribution in [1.29, 1.82) is 0 Å². The van der Waals surface area contributed by atoms with E-state index in [0.29, 0.717) is 0 Å². The van der Waals surface area contributed by atoms with Crippen molar-refractivity contribution >= 4 is 5.69 Å². The lowest BCUT2D eigenvalue weighted by molar-refractivity contribution is 0.362. The van der Waals surface area contributed by atoms with E-state index in [9.17, 15) is 4.39 Å². The van der Waals surface area contributed by atoms with Gasteiger partial charge in [-0.15, -0.1) is 0 Å². The Hall–Kier alpha value is -1.09. The summed E-state index contributed by atoms with van der Waals surface area (Å²) in [6.07, 6.45) is 1.83. The molecule has 0 amide bonds. The van der Waals surface area contributed by atoms with Gasteiger partial charge in [-0.3, -0.25) is 0 Å². The van der Waals surface area contributed by atoms with E-state index in [1.807, 2.05) is 13.0 Å². The summed E-state index contributed by atoms with van der Waals surface area (Å²) in [7, 11) is 0. The van der Waals surface area contributed by atoms with E-state index < -0.39 is 0 Å². The summed E-state index contributed by atoms with van der Waals surface area (Å²) in [5.74, 6) is -0.124. The van der Waals surface area contributed by atoms with Crippen molar-refractivity contribution in [2.75, 3.05) is 18.0 Å². The second kappa shape index (κ2) is 4.06. The summed E-state index contributed by atoms with van der Waals surface area (Å²) in [6.45, 7) is 5.71. The highest BCUT2D eigenvalue weighted by atomic mass is 19.1. The zero-order valence-electron chi connectivity index (χ0n) is 9.96. The topological polar surface area (TPSA) is 29.3 Å². The zero-order chi connectivity index (χ0) is 11.8. The molecule has 1 heterocycles. The lowest BCUT2D eigenvalue weighted by Crippen LogP contribution is -2.48. The van der Waals surface area contributed by atoms with Crippen LogP contribution in [0, 0.1) is 12.7 Å². The van der Waals surface area contributed by atoms with E-state index in [1.165, 1.54) is 6.07 Å². The van der Waals surface area contributed by atoms with Crippen LogP contribution in [0.25, 0.3) is 0 Å². The number of halogens is 1. The van der Waals surface area contributed by atoms with Gasteiger partial charge in [0.25, 0.3) is 0 Å². The predicted octanol–water partition coefficient (Wildman–Crippen LogP) is 2.45. The first-order valence-electron chi connectivity index (χ1n) is 5.78. The van der Waals surface area contributed by atoms with Crippen LogP contribution in [-0.4, -0.2) is 18.6 Å². The molecule has 0 spiro atoms. The van der Waals surface area contributed by atoms with Crippen molar-refractivity contribution in [1.82, 2.24) is 0 Å². The Morgan fingerprint density at radius 2 is 1.94 bits per heavy atom. The zero-order valence-corrected chi connectivity index (χ0v) is 9.96. The molecule has 1 aliphatic heterocycles. The Morgan fingerprint density at radius 3 is 2.50 bits per heavy atom. The van der Waals surface area contributed by atoms with Crippen molar-refractivity contribution in [3.63, 3.8) is 0 Å². The highest BCUT2D eigenvalue weighted by molar-refractivity contribution is 5.54. The molecular formula is C13H19FN2. The predicted molar refractivity (Wildman–Crippen MR) is 65.2 cm³/mol. The molecule has 1 aromatic rings. The van der Waals surface area contributed by atoms with E-state index in [4.69, 9.17) is 5.73 Å². The maximum absolute atomic E-state index is 13.8. The fourth-order valence-electron chi connectivity index (χ4n) is 2.26. The highest BCUT2D eigenvalue weighted by Crippen LogP contribution is 2.28. The average Bonchev–Trinajstić information content (AvgIpc) is 2.20.